The van der Waals surface area contributed by atoms with E-state index < -0.39 is 11.5 Å². The van der Waals surface area contributed by atoms with Gasteiger partial charge in [0.25, 0.3) is 17.0 Å². The summed E-state index contributed by atoms with van der Waals surface area (Å²) in [5.41, 5.74) is 6.75. The molecular weight excluding hydrogens is 502 g/mol. The number of rotatable bonds is 4. The molecule has 2 aromatic heterocycles. The van der Waals surface area contributed by atoms with Gasteiger partial charge in [0.05, 0.1) is 11.0 Å². The van der Waals surface area contributed by atoms with Crippen molar-refractivity contribution >= 4 is 16.9 Å². The molecule has 8 heteroatoms. The maximum Gasteiger partial charge on any atom is 0.277 e. The molecular formula is C32H37N5O3. The van der Waals surface area contributed by atoms with Gasteiger partial charge in [-0.15, -0.1) is 0 Å². The number of primary amides is 1. The first-order valence-electron chi connectivity index (χ1n) is 15.3. The number of fused-ring (bicyclic) bond motifs is 4. The van der Waals surface area contributed by atoms with Crippen LogP contribution in [0, 0.1) is 23.7 Å². The number of carbonyl (C=O) groups is 1. The first kappa shape index (κ1) is 24.5. The maximum atomic E-state index is 14.2. The van der Waals surface area contributed by atoms with Crippen LogP contribution in [0.4, 0.5) is 0 Å². The number of aromatic nitrogens is 3. The fourth-order valence-corrected chi connectivity index (χ4v) is 9.73. The Kier molecular flexibility index (Phi) is 5.60. The van der Waals surface area contributed by atoms with Gasteiger partial charge in [-0.2, -0.15) is 0 Å². The molecule has 208 valence electrons. The Morgan fingerprint density at radius 3 is 2.48 bits per heavy atom. The lowest BCUT2D eigenvalue weighted by Gasteiger charge is -2.54. The molecule has 1 amide bonds. The van der Waals surface area contributed by atoms with Crippen molar-refractivity contribution < 1.29 is 4.79 Å². The second-order valence-electron chi connectivity index (χ2n) is 13.3. The molecule has 3 N–H and O–H groups in total. The second kappa shape index (κ2) is 9.13. The topological polar surface area (TPSA) is 114 Å². The SMILES string of the molecule is NC(=O)c1cc(-c2nc3ccccc3n([C@H]3C[C@H]4CCC[C@@H](C3)N4[C@@H]3C[C@@H]4CC5[C@@H](C4)C[C@H]5C3)c2=O)c[nH]c1=O. The molecule has 3 saturated carbocycles. The molecule has 2 saturated heterocycles. The number of nitrogens with two attached hydrogens (primary N) is 1. The molecule has 8 nitrogen and oxygen atoms in total. The van der Waals surface area contributed by atoms with Crippen molar-refractivity contribution in [1.82, 2.24) is 19.4 Å². The maximum absolute atomic E-state index is 14.2. The highest BCUT2D eigenvalue weighted by molar-refractivity contribution is 5.93. The molecule has 40 heavy (non-hydrogen) atoms. The number of hydrogen-bond acceptors (Lipinski definition) is 5. The van der Waals surface area contributed by atoms with Gasteiger partial charge in [0.1, 0.15) is 11.3 Å². The molecule has 0 radical (unpaired) electrons. The van der Waals surface area contributed by atoms with E-state index in [1.54, 1.807) is 0 Å². The van der Waals surface area contributed by atoms with Crippen molar-refractivity contribution in [3.8, 4) is 11.3 Å². The summed E-state index contributed by atoms with van der Waals surface area (Å²) in [5.74, 6) is 3.08. The van der Waals surface area contributed by atoms with Crippen LogP contribution in [0.25, 0.3) is 22.3 Å². The van der Waals surface area contributed by atoms with Gasteiger partial charge >= 0.3 is 0 Å². The van der Waals surface area contributed by atoms with Gasteiger partial charge in [-0.05, 0) is 99.7 Å². The predicted octanol–water partition coefficient (Wildman–Crippen LogP) is 4.23. The third-order valence-corrected chi connectivity index (χ3v) is 11.3. The minimum absolute atomic E-state index is 0.0828. The van der Waals surface area contributed by atoms with Crippen LogP contribution >= 0.6 is 0 Å². The number of amides is 1. The first-order chi connectivity index (χ1) is 19.4. The third-order valence-electron chi connectivity index (χ3n) is 11.3. The first-order valence-corrected chi connectivity index (χ1v) is 15.3. The van der Waals surface area contributed by atoms with Crippen LogP contribution in [0.5, 0.6) is 0 Å². The average Bonchev–Trinajstić information content (AvgIpc) is 3.16. The Hall–Kier alpha value is -3.26. The molecule has 3 aliphatic carbocycles. The van der Waals surface area contributed by atoms with Gasteiger partial charge in [-0.1, -0.05) is 18.6 Å². The Balaban J connectivity index is 1.17. The summed E-state index contributed by atoms with van der Waals surface area (Å²) in [5, 5.41) is 0. The summed E-state index contributed by atoms with van der Waals surface area (Å²) in [6.45, 7) is 0. The fourth-order valence-electron chi connectivity index (χ4n) is 9.73. The van der Waals surface area contributed by atoms with Crippen LogP contribution in [0.2, 0.25) is 0 Å². The number of nitrogens with one attached hydrogen (secondary N) is 1. The fraction of sp³-hybridized carbons (Fsp3) is 0.562. The molecule has 4 heterocycles. The van der Waals surface area contributed by atoms with Crippen molar-refractivity contribution in [2.45, 2.75) is 88.4 Å². The van der Waals surface area contributed by atoms with E-state index in [1.165, 1.54) is 63.6 Å². The monoisotopic (exact) mass is 539 g/mol. The van der Waals surface area contributed by atoms with E-state index in [4.69, 9.17) is 10.7 Å². The summed E-state index contributed by atoms with van der Waals surface area (Å²) in [6.07, 6.45) is 14.2. The number of H-pyrrole nitrogens is 1. The predicted molar refractivity (Wildman–Crippen MR) is 153 cm³/mol. The smallest absolute Gasteiger partial charge is 0.277 e. The molecule has 0 spiro atoms. The molecule has 1 aromatic carbocycles. The minimum atomic E-state index is -0.825. The van der Waals surface area contributed by atoms with E-state index in [0.29, 0.717) is 23.7 Å². The number of hydrogen-bond donors (Lipinski definition) is 2. The largest absolute Gasteiger partial charge is 0.365 e. The van der Waals surface area contributed by atoms with Gasteiger partial charge < -0.3 is 15.3 Å². The Morgan fingerprint density at radius 2 is 1.68 bits per heavy atom. The van der Waals surface area contributed by atoms with Crippen molar-refractivity contribution in [2.24, 2.45) is 29.4 Å². The molecule has 4 bridgehead atoms. The van der Waals surface area contributed by atoms with Gasteiger partial charge in [0, 0.05) is 35.9 Å². The standard InChI is InChI=1S/C32H37N5O3/c33-30(38)26-13-20(16-34-31(26)39)29-32(40)37(28-7-2-1-6-27(28)35-29)24-14-21-4-3-5-22(15-24)36(21)23-9-17-8-18-11-19(12-23)25(18)10-17/h1-2,6-7,13,16-19,21-25H,3-5,8-12,14-15H2,(H2,33,38)(H,34,39)/t17-,18+,19+,21-,22+,23-,24+,25?/m1/s1. The average molecular weight is 540 g/mol. The van der Waals surface area contributed by atoms with Crippen LogP contribution in [-0.4, -0.2) is 43.5 Å². The summed E-state index contributed by atoms with van der Waals surface area (Å²) >= 11 is 0. The molecule has 1 unspecified atom stereocenters. The van der Waals surface area contributed by atoms with E-state index in [1.807, 2.05) is 28.8 Å². The quantitative estimate of drug-likeness (QED) is 0.515. The number of pyridine rings is 1. The summed E-state index contributed by atoms with van der Waals surface area (Å²) in [7, 11) is 0. The highest BCUT2D eigenvalue weighted by atomic mass is 16.2. The van der Waals surface area contributed by atoms with Crippen LogP contribution < -0.4 is 16.9 Å². The van der Waals surface area contributed by atoms with Crippen molar-refractivity contribution in [1.29, 1.82) is 0 Å². The summed E-state index contributed by atoms with van der Waals surface area (Å²) < 4.78 is 1.97. The van der Waals surface area contributed by atoms with E-state index in [-0.39, 0.29) is 22.9 Å². The highest BCUT2D eigenvalue weighted by Crippen LogP contribution is 2.59. The van der Waals surface area contributed by atoms with E-state index in [0.717, 1.165) is 47.5 Å². The Morgan fingerprint density at radius 1 is 0.900 bits per heavy atom. The zero-order valence-electron chi connectivity index (χ0n) is 22.8. The van der Waals surface area contributed by atoms with Crippen molar-refractivity contribution in [3.63, 3.8) is 0 Å². The molecule has 2 aliphatic heterocycles. The Bertz CT molecular complexity index is 1610. The van der Waals surface area contributed by atoms with Gasteiger partial charge in [-0.3, -0.25) is 19.3 Å². The van der Waals surface area contributed by atoms with E-state index >= 15 is 0 Å². The van der Waals surface area contributed by atoms with Crippen molar-refractivity contribution in [2.75, 3.05) is 0 Å². The van der Waals surface area contributed by atoms with E-state index in [2.05, 4.69) is 9.88 Å². The number of benzene rings is 1. The third kappa shape index (κ3) is 3.75. The zero-order valence-corrected chi connectivity index (χ0v) is 22.8. The number of nitrogens with zero attached hydrogens (tertiary/aromatic N) is 3. The second-order valence-corrected chi connectivity index (χ2v) is 13.3. The number of carbonyl (C=O) groups excluding carboxylic acids is 1. The highest BCUT2D eigenvalue weighted by Gasteiger charge is 2.53. The molecule has 5 fully saturated rings. The summed E-state index contributed by atoms with van der Waals surface area (Å²) in [6, 6.07) is 11.0. The van der Waals surface area contributed by atoms with Gasteiger partial charge in [0.2, 0.25) is 0 Å². The number of para-hydroxylation sites is 2. The molecule has 8 rings (SSSR count). The zero-order chi connectivity index (χ0) is 27.1. The van der Waals surface area contributed by atoms with Crippen LogP contribution in [0.3, 0.4) is 0 Å². The van der Waals surface area contributed by atoms with Crippen LogP contribution in [-0.2, 0) is 0 Å². The van der Waals surface area contributed by atoms with E-state index in [9.17, 15) is 14.4 Å². The van der Waals surface area contributed by atoms with Crippen LogP contribution in [0.15, 0.2) is 46.1 Å². The minimum Gasteiger partial charge on any atom is -0.365 e. The normalized spacial score (nSPS) is 34.8. The number of aromatic amines is 1. The molecule has 3 aromatic rings. The lowest BCUT2D eigenvalue weighted by atomic mass is 9.64. The summed E-state index contributed by atoms with van der Waals surface area (Å²) in [4.78, 5) is 48.5. The molecule has 5 aliphatic rings. The van der Waals surface area contributed by atoms with Gasteiger partial charge in [0.15, 0.2) is 0 Å². The van der Waals surface area contributed by atoms with Crippen molar-refractivity contribution in [3.05, 3.63) is 62.8 Å². The number of piperidine rings is 2. The van der Waals surface area contributed by atoms with Crippen LogP contribution in [0.1, 0.15) is 80.6 Å². The van der Waals surface area contributed by atoms with Gasteiger partial charge in [-0.25, -0.2) is 4.98 Å². The lowest BCUT2D eigenvalue weighted by molar-refractivity contribution is -0.0437. The molecule has 8 atom stereocenters. The lowest BCUT2D eigenvalue weighted by Crippen LogP contribution is -2.58. The Labute approximate surface area is 233 Å².